The molecule has 2 aliphatic rings. The number of fused-ring (bicyclic) bond motifs is 2. The van der Waals surface area contributed by atoms with E-state index in [-0.39, 0.29) is 17.9 Å². The second kappa shape index (κ2) is 7.78. The summed E-state index contributed by atoms with van der Waals surface area (Å²) in [6, 6.07) is 8.16. The molecule has 0 aliphatic carbocycles. The van der Waals surface area contributed by atoms with Gasteiger partial charge in [-0.3, -0.25) is 9.59 Å². The molecule has 2 aliphatic heterocycles. The molecule has 1 aromatic carbocycles. The molecule has 0 radical (unpaired) electrons. The Labute approximate surface area is 165 Å². The highest BCUT2D eigenvalue weighted by atomic mass is 16.2. The number of aryl methyl sites for hydroxylation is 1. The van der Waals surface area contributed by atoms with Gasteiger partial charge in [0.05, 0.1) is 5.69 Å². The van der Waals surface area contributed by atoms with Crippen LogP contribution < -0.4 is 10.2 Å². The first kappa shape index (κ1) is 18.7. The number of benzene rings is 1. The van der Waals surface area contributed by atoms with Crippen molar-refractivity contribution in [1.82, 2.24) is 14.9 Å². The van der Waals surface area contributed by atoms with Crippen LogP contribution in [0.15, 0.2) is 24.3 Å². The predicted molar refractivity (Wildman–Crippen MR) is 109 cm³/mol. The molecule has 0 bridgehead atoms. The summed E-state index contributed by atoms with van der Waals surface area (Å²) in [6.45, 7) is 5.45. The summed E-state index contributed by atoms with van der Waals surface area (Å²) in [5.41, 5.74) is 3.53. The number of imidazole rings is 1. The highest BCUT2D eigenvalue weighted by Gasteiger charge is 2.32. The number of nitrogens with one attached hydrogen (secondary N) is 1. The fourth-order valence-electron chi connectivity index (χ4n) is 4.15. The van der Waals surface area contributed by atoms with Crippen LogP contribution in [0.25, 0.3) is 0 Å². The molecule has 0 fully saturated rings. The van der Waals surface area contributed by atoms with Crippen LogP contribution in [0.3, 0.4) is 0 Å². The van der Waals surface area contributed by atoms with Crippen molar-refractivity contribution >= 4 is 17.5 Å². The number of hydrogen-bond acceptors (Lipinski definition) is 3. The van der Waals surface area contributed by atoms with Gasteiger partial charge in [-0.05, 0) is 57.1 Å². The molecular weight excluding hydrogens is 352 g/mol. The van der Waals surface area contributed by atoms with Gasteiger partial charge in [-0.2, -0.15) is 0 Å². The Kier molecular flexibility index (Phi) is 5.20. The Hall–Kier alpha value is -2.63. The van der Waals surface area contributed by atoms with Gasteiger partial charge in [0, 0.05) is 24.8 Å². The largest absolute Gasteiger partial charge is 0.347 e. The highest BCUT2D eigenvalue weighted by molar-refractivity contribution is 6.07. The first-order valence-electron chi connectivity index (χ1n) is 10.4. The zero-order valence-electron chi connectivity index (χ0n) is 16.7. The third-order valence-electron chi connectivity index (χ3n) is 5.87. The molecule has 0 saturated heterocycles. The quantitative estimate of drug-likeness (QED) is 0.885. The highest BCUT2D eigenvalue weighted by Crippen LogP contribution is 2.30. The van der Waals surface area contributed by atoms with Gasteiger partial charge < -0.3 is 14.8 Å². The van der Waals surface area contributed by atoms with E-state index >= 15 is 0 Å². The van der Waals surface area contributed by atoms with Crippen molar-refractivity contribution in [2.45, 2.75) is 65.0 Å². The SMILES string of the molecule is CCC(C)NC(=O)c1nc(C(=O)N2CCCc3ccccc32)c2n1CCCC2. The molecule has 2 amide bonds. The zero-order chi connectivity index (χ0) is 19.7. The monoisotopic (exact) mass is 380 g/mol. The molecule has 1 unspecified atom stereocenters. The van der Waals surface area contributed by atoms with E-state index in [2.05, 4.69) is 16.4 Å². The number of amides is 2. The number of rotatable bonds is 4. The van der Waals surface area contributed by atoms with Crippen LogP contribution in [0, 0.1) is 0 Å². The van der Waals surface area contributed by atoms with Gasteiger partial charge >= 0.3 is 0 Å². The minimum absolute atomic E-state index is 0.0807. The first-order valence-corrected chi connectivity index (χ1v) is 10.4. The number of nitrogens with zero attached hydrogens (tertiary/aromatic N) is 3. The molecule has 4 rings (SSSR count). The van der Waals surface area contributed by atoms with E-state index < -0.39 is 0 Å². The minimum Gasteiger partial charge on any atom is -0.347 e. The van der Waals surface area contributed by atoms with Gasteiger partial charge in [0.25, 0.3) is 11.8 Å². The van der Waals surface area contributed by atoms with Crippen LogP contribution in [-0.2, 0) is 19.4 Å². The molecule has 1 aromatic heterocycles. The number of aromatic nitrogens is 2. The molecule has 148 valence electrons. The Morgan fingerprint density at radius 3 is 2.79 bits per heavy atom. The molecule has 3 heterocycles. The van der Waals surface area contributed by atoms with Crippen LogP contribution >= 0.6 is 0 Å². The third-order valence-corrected chi connectivity index (χ3v) is 5.87. The lowest BCUT2D eigenvalue weighted by Gasteiger charge is -2.29. The van der Waals surface area contributed by atoms with Crippen molar-refractivity contribution < 1.29 is 9.59 Å². The number of hydrogen-bond donors (Lipinski definition) is 1. The van der Waals surface area contributed by atoms with Crippen molar-refractivity contribution in [3.8, 4) is 0 Å². The topological polar surface area (TPSA) is 67.2 Å². The third kappa shape index (κ3) is 3.32. The molecule has 1 atom stereocenters. The maximum Gasteiger partial charge on any atom is 0.287 e. The van der Waals surface area contributed by atoms with Gasteiger partial charge in [0.2, 0.25) is 0 Å². The number of carbonyl (C=O) groups is 2. The van der Waals surface area contributed by atoms with E-state index in [0.717, 1.165) is 56.5 Å². The molecule has 6 nitrogen and oxygen atoms in total. The number of carbonyl (C=O) groups excluding carboxylic acids is 2. The zero-order valence-corrected chi connectivity index (χ0v) is 16.7. The van der Waals surface area contributed by atoms with Crippen LogP contribution in [-0.4, -0.2) is 34.0 Å². The molecule has 28 heavy (non-hydrogen) atoms. The molecule has 1 N–H and O–H groups in total. The summed E-state index contributed by atoms with van der Waals surface area (Å²) in [4.78, 5) is 32.7. The van der Waals surface area contributed by atoms with Crippen LogP contribution in [0.5, 0.6) is 0 Å². The second-order valence-corrected chi connectivity index (χ2v) is 7.81. The summed E-state index contributed by atoms with van der Waals surface area (Å²) < 4.78 is 1.96. The van der Waals surface area contributed by atoms with Gasteiger partial charge in [0.15, 0.2) is 11.5 Å². The van der Waals surface area contributed by atoms with Crippen LogP contribution in [0.4, 0.5) is 5.69 Å². The maximum absolute atomic E-state index is 13.5. The predicted octanol–water partition coefficient (Wildman–Crippen LogP) is 3.34. The lowest BCUT2D eigenvalue weighted by atomic mass is 10.0. The number of anilines is 1. The van der Waals surface area contributed by atoms with Crippen molar-refractivity contribution in [3.63, 3.8) is 0 Å². The van der Waals surface area contributed by atoms with E-state index in [1.165, 1.54) is 5.56 Å². The van der Waals surface area contributed by atoms with E-state index in [1.807, 2.05) is 41.5 Å². The summed E-state index contributed by atoms with van der Waals surface area (Å²) in [6.07, 6.45) is 5.61. The van der Waals surface area contributed by atoms with E-state index in [1.54, 1.807) is 0 Å². The summed E-state index contributed by atoms with van der Waals surface area (Å²) in [7, 11) is 0. The van der Waals surface area contributed by atoms with E-state index in [0.29, 0.717) is 18.1 Å². The maximum atomic E-state index is 13.5. The Balaban J connectivity index is 1.70. The van der Waals surface area contributed by atoms with E-state index in [4.69, 9.17) is 0 Å². The van der Waals surface area contributed by atoms with Gasteiger partial charge in [-0.25, -0.2) is 4.98 Å². The van der Waals surface area contributed by atoms with Crippen molar-refractivity contribution in [3.05, 3.63) is 47.0 Å². The van der Waals surface area contributed by atoms with Crippen molar-refractivity contribution in [2.24, 2.45) is 0 Å². The first-order chi connectivity index (χ1) is 13.6. The standard InChI is InChI=1S/C22H28N4O2/c1-3-15(2)23-21(27)20-24-19(18-12-6-7-13-25(18)20)22(28)26-14-8-10-16-9-4-5-11-17(16)26/h4-5,9,11,15H,3,6-8,10,12-14H2,1-2H3,(H,23,27). The van der Waals surface area contributed by atoms with Crippen LogP contribution in [0.2, 0.25) is 0 Å². The summed E-state index contributed by atoms with van der Waals surface area (Å²) >= 11 is 0. The summed E-state index contributed by atoms with van der Waals surface area (Å²) in [5, 5.41) is 3.00. The Morgan fingerprint density at radius 1 is 1.14 bits per heavy atom. The lowest BCUT2D eigenvalue weighted by Crippen LogP contribution is -2.36. The summed E-state index contributed by atoms with van der Waals surface area (Å²) in [5.74, 6) is 0.111. The second-order valence-electron chi connectivity index (χ2n) is 7.81. The van der Waals surface area contributed by atoms with Crippen molar-refractivity contribution in [1.29, 1.82) is 0 Å². The Bertz CT molecular complexity index is 902. The van der Waals surface area contributed by atoms with Crippen LogP contribution in [0.1, 0.15) is 71.9 Å². The Morgan fingerprint density at radius 2 is 1.96 bits per heavy atom. The fourth-order valence-corrected chi connectivity index (χ4v) is 4.15. The minimum atomic E-state index is -0.185. The lowest BCUT2D eigenvalue weighted by molar-refractivity contribution is 0.0923. The molecular formula is C22H28N4O2. The average Bonchev–Trinajstić information content (AvgIpc) is 3.12. The van der Waals surface area contributed by atoms with Crippen molar-refractivity contribution in [2.75, 3.05) is 11.4 Å². The molecule has 6 heteroatoms. The number of para-hydroxylation sites is 1. The molecule has 0 spiro atoms. The molecule has 0 saturated carbocycles. The smallest absolute Gasteiger partial charge is 0.287 e. The molecule has 2 aromatic rings. The van der Waals surface area contributed by atoms with Gasteiger partial charge in [-0.1, -0.05) is 25.1 Å². The van der Waals surface area contributed by atoms with E-state index in [9.17, 15) is 9.59 Å². The normalized spacial score (nSPS) is 16.9. The van der Waals surface area contributed by atoms with Gasteiger partial charge in [0.1, 0.15) is 0 Å². The van der Waals surface area contributed by atoms with Gasteiger partial charge in [-0.15, -0.1) is 0 Å². The fraction of sp³-hybridized carbons (Fsp3) is 0.500. The average molecular weight is 380 g/mol.